The lowest BCUT2D eigenvalue weighted by molar-refractivity contribution is -0.188. The molecule has 1 aliphatic heterocycles. The Bertz CT molecular complexity index is 1280. The predicted octanol–water partition coefficient (Wildman–Crippen LogP) is 1.78. The largest absolute Gasteiger partial charge is 0.473 e. The molecule has 4 rings (SSSR count). The molecule has 0 saturated carbocycles. The molecule has 1 aliphatic carbocycles. The van der Waals surface area contributed by atoms with E-state index in [1.54, 1.807) is 37.3 Å². The highest BCUT2D eigenvalue weighted by atomic mass is 16.7. The number of carboxylic acids is 1. The summed E-state index contributed by atoms with van der Waals surface area (Å²) in [7, 11) is 0. The number of nitrogens with zero attached hydrogens (tertiary/aromatic N) is 2. The van der Waals surface area contributed by atoms with Gasteiger partial charge in [0.05, 0.1) is 12.7 Å². The summed E-state index contributed by atoms with van der Waals surface area (Å²) in [6.07, 6.45) is 10.9. The third-order valence-corrected chi connectivity index (χ3v) is 6.24. The summed E-state index contributed by atoms with van der Waals surface area (Å²) < 4.78 is 5.31. The highest BCUT2D eigenvalue weighted by Crippen LogP contribution is 2.13. The van der Waals surface area contributed by atoms with Crippen LogP contribution in [0.5, 0.6) is 0 Å². The predicted molar refractivity (Wildman–Crippen MR) is 141 cm³/mol. The van der Waals surface area contributed by atoms with E-state index in [-0.39, 0.29) is 35.9 Å². The van der Waals surface area contributed by atoms with Crippen molar-refractivity contribution in [1.82, 2.24) is 20.6 Å². The number of amides is 1. The average Bonchev–Trinajstić information content (AvgIpc) is 3.62. The van der Waals surface area contributed by atoms with E-state index in [0.717, 1.165) is 11.6 Å². The molecule has 0 bridgehead atoms. The van der Waals surface area contributed by atoms with Crippen LogP contribution in [0.1, 0.15) is 32.2 Å². The minimum absolute atomic E-state index is 0.0366. The third-order valence-electron chi connectivity index (χ3n) is 6.24. The molecule has 0 radical (unpaired) electrons. The number of furan rings is 1. The Balaban J connectivity index is 1.41. The van der Waals surface area contributed by atoms with Gasteiger partial charge in [-0.2, -0.15) is 5.06 Å². The molecule has 2 aliphatic rings. The Labute approximate surface area is 225 Å². The number of carbonyl (C=O) groups excluding carboxylic acids is 3. The van der Waals surface area contributed by atoms with Crippen LogP contribution in [0.25, 0.3) is 6.08 Å². The van der Waals surface area contributed by atoms with Gasteiger partial charge in [-0.25, -0.2) is 9.59 Å². The fourth-order valence-electron chi connectivity index (χ4n) is 4.19. The van der Waals surface area contributed by atoms with Crippen molar-refractivity contribution in [2.75, 3.05) is 32.7 Å². The second-order valence-electron chi connectivity index (χ2n) is 9.04. The molecular weight excluding hydrogens is 504 g/mol. The average molecular weight is 535 g/mol. The third kappa shape index (κ3) is 7.60. The van der Waals surface area contributed by atoms with Crippen LogP contribution in [-0.2, 0) is 14.4 Å². The van der Waals surface area contributed by atoms with Gasteiger partial charge in [-0.1, -0.05) is 42.5 Å². The van der Waals surface area contributed by atoms with Gasteiger partial charge in [0.15, 0.2) is 5.76 Å². The van der Waals surface area contributed by atoms with E-state index in [0.29, 0.717) is 31.0 Å². The quantitative estimate of drug-likeness (QED) is 0.189. The maximum absolute atomic E-state index is 13.2. The Kier molecular flexibility index (Phi) is 9.21. The Morgan fingerprint density at radius 3 is 2.56 bits per heavy atom. The number of aryl methyl sites for hydroxylation is 1. The summed E-state index contributed by atoms with van der Waals surface area (Å²) in [5, 5.41) is 16.6. The molecule has 0 spiro atoms. The number of ketones is 1. The lowest BCUT2D eigenvalue weighted by Crippen LogP contribution is -2.60. The van der Waals surface area contributed by atoms with Crippen molar-refractivity contribution in [2.45, 2.75) is 19.1 Å². The summed E-state index contributed by atoms with van der Waals surface area (Å²) in [4.78, 5) is 55.4. The van der Waals surface area contributed by atoms with Gasteiger partial charge in [0.1, 0.15) is 5.76 Å². The zero-order valence-corrected chi connectivity index (χ0v) is 21.4. The second-order valence-corrected chi connectivity index (χ2v) is 9.04. The molecule has 1 amide bonds. The maximum Gasteiger partial charge on any atom is 0.441 e. The first-order chi connectivity index (χ1) is 18.8. The van der Waals surface area contributed by atoms with Crippen LogP contribution in [0.4, 0.5) is 0 Å². The van der Waals surface area contributed by atoms with E-state index < -0.39 is 17.8 Å². The van der Waals surface area contributed by atoms with E-state index in [9.17, 15) is 19.2 Å². The topological polar surface area (TPSA) is 141 Å². The molecule has 3 N–H and O–H groups in total. The molecule has 1 atom stereocenters. The summed E-state index contributed by atoms with van der Waals surface area (Å²) >= 11 is 0. The number of carboxylic acid groups (broad SMARTS) is 1. The number of benzene rings is 1. The molecule has 2 aromatic rings. The lowest BCUT2D eigenvalue weighted by atomic mass is 10.1. The van der Waals surface area contributed by atoms with Gasteiger partial charge in [0.2, 0.25) is 5.78 Å². The maximum atomic E-state index is 13.2. The molecule has 1 unspecified atom stereocenters. The molecule has 39 heavy (non-hydrogen) atoms. The van der Waals surface area contributed by atoms with Gasteiger partial charge in [-0.05, 0) is 42.8 Å². The Hall–Kier alpha value is -4.32. The highest BCUT2D eigenvalue weighted by molar-refractivity contribution is 6.28. The number of rotatable bonds is 9. The number of hydroxylamine groups is 2. The van der Waals surface area contributed by atoms with Crippen molar-refractivity contribution in [2.24, 2.45) is 0 Å². The van der Waals surface area contributed by atoms with Crippen molar-refractivity contribution in [3.05, 3.63) is 89.4 Å². The van der Waals surface area contributed by atoms with Crippen molar-refractivity contribution >= 4 is 29.7 Å². The monoisotopic (exact) mass is 534 g/mol. The van der Waals surface area contributed by atoms with Gasteiger partial charge in [-0.15, -0.1) is 0 Å². The van der Waals surface area contributed by atoms with Crippen LogP contribution in [0, 0.1) is 6.92 Å². The summed E-state index contributed by atoms with van der Waals surface area (Å²) in [5.41, 5.74) is 0.844. The van der Waals surface area contributed by atoms with Crippen molar-refractivity contribution in [1.29, 1.82) is 0 Å². The van der Waals surface area contributed by atoms with Gasteiger partial charge in [0.25, 0.3) is 5.91 Å². The van der Waals surface area contributed by atoms with Gasteiger partial charge < -0.3 is 19.7 Å². The minimum atomic E-state index is -1.80. The van der Waals surface area contributed by atoms with Gasteiger partial charge >= 0.3 is 11.9 Å². The molecule has 2 heterocycles. The fraction of sp³-hybridized carbons (Fsp3) is 0.286. The molecular formula is C28H30N4O7. The van der Waals surface area contributed by atoms with Crippen molar-refractivity contribution in [3.63, 3.8) is 0 Å². The van der Waals surface area contributed by atoms with E-state index in [2.05, 4.69) is 15.5 Å². The normalized spacial score (nSPS) is 17.5. The van der Waals surface area contributed by atoms with Crippen LogP contribution in [-0.4, -0.2) is 83.6 Å². The fourth-order valence-corrected chi connectivity index (χ4v) is 4.19. The number of allylic oxidation sites excluding steroid dienone is 3. The van der Waals surface area contributed by atoms with E-state index >= 15 is 0 Å². The first kappa shape index (κ1) is 27.7. The first-order valence-corrected chi connectivity index (χ1v) is 12.5. The molecule has 1 saturated heterocycles. The van der Waals surface area contributed by atoms with E-state index in [1.165, 1.54) is 18.2 Å². The standard InChI is InChI=1S/C28H30N4O7/c1-19-6-13-24(38-19)23(33)12-9-20-7-10-21(11-8-20)26(34)32(39-28(37)27(35)36)17-16-31-15-14-29-18-25(31)30-22-4-2-3-5-22/h2-13,22,25,29-30H,14-18H2,1H3,(H,35,36)/b12-9+. The number of hydrogen-bond donors (Lipinski definition) is 3. The number of nitrogens with one attached hydrogen (secondary N) is 2. The van der Waals surface area contributed by atoms with Crippen LogP contribution in [0.3, 0.4) is 0 Å². The molecule has 11 heteroatoms. The van der Waals surface area contributed by atoms with Gasteiger partial charge in [-0.3, -0.25) is 19.8 Å². The molecule has 204 valence electrons. The smallest absolute Gasteiger partial charge is 0.441 e. The van der Waals surface area contributed by atoms with Crippen molar-refractivity contribution in [3.8, 4) is 0 Å². The molecule has 11 nitrogen and oxygen atoms in total. The highest BCUT2D eigenvalue weighted by Gasteiger charge is 2.28. The van der Waals surface area contributed by atoms with Crippen LogP contribution in [0.15, 0.2) is 71.2 Å². The number of piperazine rings is 1. The minimum Gasteiger partial charge on any atom is -0.473 e. The molecule has 1 aromatic heterocycles. The number of carbonyl (C=O) groups is 4. The van der Waals surface area contributed by atoms with Crippen LogP contribution >= 0.6 is 0 Å². The first-order valence-electron chi connectivity index (χ1n) is 12.5. The summed E-state index contributed by atoms with van der Waals surface area (Å²) in [5.74, 6) is -3.45. The number of hydrogen-bond acceptors (Lipinski definition) is 9. The van der Waals surface area contributed by atoms with Crippen LogP contribution in [0.2, 0.25) is 0 Å². The lowest BCUT2D eigenvalue weighted by Gasteiger charge is -2.38. The second kappa shape index (κ2) is 13.0. The van der Waals surface area contributed by atoms with Gasteiger partial charge in [0, 0.05) is 37.8 Å². The zero-order valence-electron chi connectivity index (χ0n) is 21.4. The molecule has 1 aromatic carbocycles. The molecule has 1 fully saturated rings. The summed E-state index contributed by atoms with van der Waals surface area (Å²) in [6.45, 7) is 4.16. The zero-order chi connectivity index (χ0) is 27.8. The van der Waals surface area contributed by atoms with Crippen LogP contribution < -0.4 is 10.6 Å². The summed E-state index contributed by atoms with van der Waals surface area (Å²) in [6, 6.07) is 9.66. The SMILES string of the molecule is Cc1ccc(C(=O)/C=C/c2ccc(C(=O)N(CCN3CCNCC3NC3C=CC=C3)OC(=O)C(=O)O)cc2)o1. The number of aliphatic carboxylic acids is 1. The van der Waals surface area contributed by atoms with E-state index in [1.807, 2.05) is 24.3 Å². The van der Waals surface area contributed by atoms with E-state index in [4.69, 9.17) is 14.4 Å². The Morgan fingerprint density at radius 2 is 1.90 bits per heavy atom. The van der Waals surface area contributed by atoms with Crippen molar-refractivity contribution < 1.29 is 33.5 Å². The Morgan fingerprint density at radius 1 is 1.15 bits per heavy atom.